The van der Waals surface area contributed by atoms with E-state index in [9.17, 15) is 4.79 Å². The summed E-state index contributed by atoms with van der Waals surface area (Å²) in [4.78, 5) is 12.0. The Bertz CT molecular complexity index is 193. The molecule has 2 nitrogen and oxygen atoms in total. The minimum absolute atomic E-state index is 0.132. The highest BCUT2D eigenvalue weighted by atomic mass is 16.5. The van der Waals surface area contributed by atoms with E-state index in [2.05, 4.69) is 13.8 Å². The molecule has 1 unspecified atom stereocenters. The predicted octanol–water partition coefficient (Wildman–Crippen LogP) is 3.20. The summed E-state index contributed by atoms with van der Waals surface area (Å²) in [5, 5.41) is 0. The highest BCUT2D eigenvalue weighted by Gasteiger charge is 2.29. The van der Waals surface area contributed by atoms with Gasteiger partial charge in [-0.1, -0.05) is 33.1 Å². The lowest BCUT2D eigenvalue weighted by Gasteiger charge is -2.28. The van der Waals surface area contributed by atoms with Crippen LogP contribution in [0.5, 0.6) is 0 Å². The second kappa shape index (κ2) is 6.26. The molecule has 0 aromatic rings. The highest BCUT2D eigenvalue weighted by molar-refractivity contribution is 5.83. The van der Waals surface area contributed by atoms with Gasteiger partial charge in [0.2, 0.25) is 0 Å². The van der Waals surface area contributed by atoms with Crippen molar-refractivity contribution in [1.29, 1.82) is 0 Å². The normalized spacial score (nSPS) is 20.5. The van der Waals surface area contributed by atoms with Crippen molar-refractivity contribution in [2.45, 2.75) is 58.5 Å². The van der Waals surface area contributed by atoms with Gasteiger partial charge in [0.25, 0.3) is 0 Å². The fraction of sp³-hybridized carbons (Fsp3) is 0.923. The van der Waals surface area contributed by atoms with Gasteiger partial charge in [0.05, 0.1) is 0 Å². The van der Waals surface area contributed by atoms with Gasteiger partial charge < -0.3 is 4.74 Å². The molecule has 1 saturated carbocycles. The fourth-order valence-corrected chi connectivity index (χ4v) is 2.54. The first-order valence-electron chi connectivity index (χ1n) is 6.20. The molecule has 0 heterocycles. The second-order valence-corrected chi connectivity index (χ2v) is 5.12. The molecule has 0 aromatic carbocycles. The number of carbonyl (C=O) groups excluding carboxylic acids is 1. The lowest BCUT2D eigenvalue weighted by atomic mass is 9.82. The Kier molecular flexibility index (Phi) is 5.30. The Morgan fingerprint density at radius 1 is 1.27 bits per heavy atom. The van der Waals surface area contributed by atoms with E-state index in [0.29, 0.717) is 24.0 Å². The van der Waals surface area contributed by atoms with Crippen LogP contribution in [0.1, 0.15) is 52.4 Å². The zero-order valence-electron chi connectivity index (χ0n) is 10.3. The minimum Gasteiger partial charge on any atom is -0.373 e. The first kappa shape index (κ1) is 12.7. The number of Topliss-reactive ketones (excluding diaryl/α,β-unsaturated/α-hetero) is 1. The number of rotatable bonds is 5. The van der Waals surface area contributed by atoms with E-state index in [-0.39, 0.29) is 6.10 Å². The smallest absolute Gasteiger partial charge is 0.162 e. The molecular formula is C13H24O2. The van der Waals surface area contributed by atoms with Crippen molar-refractivity contribution in [3.05, 3.63) is 0 Å². The fourth-order valence-electron chi connectivity index (χ4n) is 2.54. The van der Waals surface area contributed by atoms with Gasteiger partial charge in [-0.15, -0.1) is 0 Å². The van der Waals surface area contributed by atoms with Crippen molar-refractivity contribution < 1.29 is 9.53 Å². The largest absolute Gasteiger partial charge is 0.373 e. The van der Waals surface area contributed by atoms with Gasteiger partial charge in [0.1, 0.15) is 6.10 Å². The van der Waals surface area contributed by atoms with Crippen LogP contribution >= 0.6 is 0 Å². The Morgan fingerprint density at radius 2 is 1.87 bits per heavy atom. The van der Waals surface area contributed by atoms with Gasteiger partial charge >= 0.3 is 0 Å². The lowest BCUT2D eigenvalue weighted by Crippen LogP contribution is -2.33. The third kappa shape index (κ3) is 3.94. The molecule has 1 aliphatic carbocycles. The predicted molar refractivity (Wildman–Crippen MR) is 61.8 cm³/mol. The first-order chi connectivity index (χ1) is 7.15. The summed E-state index contributed by atoms with van der Waals surface area (Å²) in [7, 11) is 1.68. The van der Waals surface area contributed by atoms with Crippen LogP contribution in [-0.4, -0.2) is 19.0 Å². The summed E-state index contributed by atoms with van der Waals surface area (Å²) in [6.07, 6.45) is 6.72. The first-order valence-corrected chi connectivity index (χ1v) is 6.20. The van der Waals surface area contributed by atoms with Crippen LogP contribution in [0.4, 0.5) is 0 Å². The van der Waals surface area contributed by atoms with Gasteiger partial charge in [-0.05, 0) is 24.7 Å². The van der Waals surface area contributed by atoms with E-state index in [1.54, 1.807) is 7.11 Å². The molecule has 0 bridgehead atoms. The number of ketones is 1. The third-order valence-corrected chi connectivity index (χ3v) is 3.26. The number of ether oxygens (including phenoxy) is 1. The maximum absolute atomic E-state index is 12.0. The summed E-state index contributed by atoms with van der Waals surface area (Å²) in [5.74, 6) is 1.23. The molecule has 0 N–H and O–H groups in total. The zero-order chi connectivity index (χ0) is 11.3. The van der Waals surface area contributed by atoms with E-state index in [4.69, 9.17) is 4.74 Å². The Labute approximate surface area is 93.4 Å². The zero-order valence-corrected chi connectivity index (χ0v) is 10.3. The van der Waals surface area contributed by atoms with Gasteiger partial charge in [0, 0.05) is 13.5 Å². The summed E-state index contributed by atoms with van der Waals surface area (Å²) in [6.45, 7) is 4.18. The van der Waals surface area contributed by atoms with E-state index in [0.717, 1.165) is 0 Å². The number of methoxy groups -OCH3 is 1. The second-order valence-electron chi connectivity index (χ2n) is 5.12. The Morgan fingerprint density at radius 3 is 2.33 bits per heavy atom. The molecule has 0 aliphatic heterocycles. The van der Waals surface area contributed by atoms with Gasteiger partial charge in [-0.3, -0.25) is 4.79 Å². The third-order valence-electron chi connectivity index (χ3n) is 3.26. The quantitative estimate of drug-likeness (QED) is 0.699. The van der Waals surface area contributed by atoms with Crippen LogP contribution in [0.25, 0.3) is 0 Å². The van der Waals surface area contributed by atoms with E-state index < -0.39 is 0 Å². The lowest BCUT2D eigenvalue weighted by molar-refractivity contribution is -0.133. The average molecular weight is 212 g/mol. The molecule has 1 atom stereocenters. The molecule has 0 saturated heterocycles. The van der Waals surface area contributed by atoms with E-state index in [1.165, 1.54) is 32.1 Å². The number of carbonyl (C=O) groups is 1. The van der Waals surface area contributed by atoms with Crippen molar-refractivity contribution in [3.63, 3.8) is 0 Å². The topological polar surface area (TPSA) is 26.3 Å². The highest BCUT2D eigenvalue weighted by Crippen LogP contribution is 2.29. The van der Waals surface area contributed by atoms with Crippen molar-refractivity contribution in [3.8, 4) is 0 Å². The average Bonchev–Trinajstić information content (AvgIpc) is 2.19. The molecule has 0 spiro atoms. The molecule has 1 aliphatic rings. The monoisotopic (exact) mass is 212 g/mol. The molecule has 88 valence electrons. The van der Waals surface area contributed by atoms with Crippen LogP contribution in [0.2, 0.25) is 0 Å². The van der Waals surface area contributed by atoms with Crippen LogP contribution in [0, 0.1) is 11.8 Å². The Balaban J connectivity index is 2.49. The molecule has 15 heavy (non-hydrogen) atoms. The summed E-state index contributed by atoms with van der Waals surface area (Å²) < 4.78 is 5.40. The molecule has 1 fully saturated rings. The summed E-state index contributed by atoms with van der Waals surface area (Å²) in [5.41, 5.74) is 0. The van der Waals surface area contributed by atoms with Crippen LogP contribution in [-0.2, 0) is 9.53 Å². The van der Waals surface area contributed by atoms with Crippen molar-refractivity contribution in [1.82, 2.24) is 0 Å². The molecule has 0 aromatic heterocycles. The van der Waals surface area contributed by atoms with Crippen molar-refractivity contribution in [2.24, 2.45) is 11.8 Å². The molecular weight excluding hydrogens is 188 g/mol. The van der Waals surface area contributed by atoms with Gasteiger partial charge in [-0.2, -0.15) is 0 Å². The maximum atomic E-state index is 12.0. The summed E-state index contributed by atoms with van der Waals surface area (Å²) >= 11 is 0. The van der Waals surface area contributed by atoms with E-state index >= 15 is 0 Å². The van der Waals surface area contributed by atoms with Gasteiger partial charge in [-0.25, -0.2) is 0 Å². The molecule has 0 radical (unpaired) electrons. The number of hydrogen-bond donors (Lipinski definition) is 0. The maximum Gasteiger partial charge on any atom is 0.162 e. The van der Waals surface area contributed by atoms with Gasteiger partial charge in [0.15, 0.2) is 5.78 Å². The number of hydrogen-bond acceptors (Lipinski definition) is 2. The van der Waals surface area contributed by atoms with Crippen molar-refractivity contribution >= 4 is 5.78 Å². The SMILES string of the molecule is COC(C(=O)CC(C)C)C1CCCCC1. The summed E-state index contributed by atoms with van der Waals surface area (Å²) in [6, 6.07) is 0. The van der Waals surface area contributed by atoms with Crippen LogP contribution in [0.3, 0.4) is 0 Å². The minimum atomic E-state index is -0.132. The standard InChI is InChI=1S/C13H24O2/c1-10(2)9-12(14)13(15-3)11-7-5-4-6-8-11/h10-11,13H,4-9H2,1-3H3. The molecule has 1 rings (SSSR count). The van der Waals surface area contributed by atoms with E-state index in [1.807, 2.05) is 0 Å². The Hall–Kier alpha value is -0.370. The van der Waals surface area contributed by atoms with Crippen LogP contribution in [0.15, 0.2) is 0 Å². The van der Waals surface area contributed by atoms with Crippen LogP contribution < -0.4 is 0 Å². The van der Waals surface area contributed by atoms with Crippen molar-refractivity contribution in [2.75, 3.05) is 7.11 Å². The molecule has 0 amide bonds. The molecule has 2 heteroatoms.